The molecule has 11 heteroatoms. The number of unbranched alkanes of at least 4 members (excludes halogenated alkanes) is 1. The van der Waals surface area contributed by atoms with Crippen molar-refractivity contribution in [2.75, 3.05) is 26.0 Å². The predicted molar refractivity (Wildman–Crippen MR) is 125 cm³/mol. The largest absolute Gasteiger partial charge is 0.508 e. The number of nitrogens with zero attached hydrogens (tertiary/aromatic N) is 2. The van der Waals surface area contributed by atoms with Gasteiger partial charge in [-0.15, -0.1) is 0 Å². The van der Waals surface area contributed by atoms with E-state index in [2.05, 4.69) is 5.18 Å². The van der Waals surface area contributed by atoms with Crippen molar-refractivity contribution in [1.82, 2.24) is 4.90 Å². The van der Waals surface area contributed by atoms with Crippen LogP contribution in [0.5, 0.6) is 11.5 Å². The fourth-order valence-corrected chi connectivity index (χ4v) is 6.18. The molecule has 178 valence electrons. The summed E-state index contributed by atoms with van der Waals surface area (Å²) in [6.07, 6.45) is 2.47. The molecule has 1 heterocycles. The summed E-state index contributed by atoms with van der Waals surface area (Å²) in [6.45, 7) is 1.43. The fraction of sp³-hybridized carbons (Fsp3) is 0.619. The van der Waals surface area contributed by atoms with Gasteiger partial charge in [0.05, 0.1) is 20.2 Å². The van der Waals surface area contributed by atoms with Crippen LogP contribution in [0.2, 0.25) is 0 Å². The number of ether oxygens (including phenoxy) is 3. The molecule has 2 rings (SSSR count). The summed E-state index contributed by atoms with van der Waals surface area (Å²) in [4.78, 5) is 36.5. The van der Waals surface area contributed by atoms with Gasteiger partial charge in [-0.1, -0.05) is 33.2 Å². The maximum Gasteiger partial charge on any atom is 0.413 e. The third kappa shape index (κ3) is 9.15. The Bertz CT molecular complexity index is 760. The molecule has 0 radical (unpaired) electrons. The number of carbonyl (C=O) groups excluding carboxylic acids is 2. The number of hydrogen-bond acceptors (Lipinski definition) is 10. The van der Waals surface area contributed by atoms with Gasteiger partial charge in [0, 0.05) is 42.5 Å². The van der Waals surface area contributed by atoms with E-state index in [0.29, 0.717) is 16.6 Å². The van der Waals surface area contributed by atoms with Crippen LogP contribution in [0.3, 0.4) is 0 Å². The summed E-state index contributed by atoms with van der Waals surface area (Å²) < 4.78 is 15.7. The summed E-state index contributed by atoms with van der Waals surface area (Å²) in [7, 11) is 5.27. The van der Waals surface area contributed by atoms with Crippen LogP contribution in [-0.2, 0) is 20.8 Å². The average molecular weight is 487 g/mol. The molecule has 1 aliphatic rings. The molecule has 1 aromatic carbocycles. The lowest BCUT2D eigenvalue weighted by Crippen LogP contribution is -2.36. The Kier molecular flexibility index (Phi) is 11.5. The first-order valence-corrected chi connectivity index (χ1v) is 12.9. The molecule has 9 nitrogen and oxygen atoms in total. The number of nitroso groups, excluding NO2 is 1. The number of phenolic OH excluding ortho intramolecular Hbond substituents is 1. The minimum atomic E-state index is -1.06. The maximum absolute atomic E-state index is 12.6. The molecule has 1 fully saturated rings. The Morgan fingerprint density at radius 1 is 1.31 bits per heavy atom. The van der Waals surface area contributed by atoms with Crippen LogP contribution >= 0.6 is 21.6 Å². The van der Waals surface area contributed by atoms with Crippen molar-refractivity contribution in [3.05, 3.63) is 28.7 Å². The Morgan fingerprint density at radius 2 is 2.12 bits per heavy atom. The second-order valence-electron chi connectivity index (χ2n) is 7.29. The van der Waals surface area contributed by atoms with Gasteiger partial charge >= 0.3 is 12.1 Å². The topological polar surface area (TPSA) is 115 Å². The molecule has 1 aromatic rings. The molecule has 2 atom stereocenters. The highest BCUT2D eigenvalue weighted by Gasteiger charge is 2.22. The van der Waals surface area contributed by atoms with Crippen LogP contribution < -0.4 is 4.74 Å². The van der Waals surface area contributed by atoms with Crippen LogP contribution in [0.15, 0.2) is 23.4 Å². The van der Waals surface area contributed by atoms with Crippen molar-refractivity contribution in [3.8, 4) is 11.5 Å². The predicted octanol–water partition coefficient (Wildman–Crippen LogP) is 4.71. The van der Waals surface area contributed by atoms with Gasteiger partial charge in [-0.3, -0.25) is 4.79 Å². The molecule has 32 heavy (non-hydrogen) atoms. The molecule has 0 aromatic heterocycles. The van der Waals surface area contributed by atoms with Crippen LogP contribution in [0.1, 0.15) is 44.6 Å². The number of hydrogen-bond donors (Lipinski definition) is 1. The van der Waals surface area contributed by atoms with E-state index in [1.54, 1.807) is 6.07 Å². The van der Waals surface area contributed by atoms with E-state index < -0.39 is 18.4 Å². The van der Waals surface area contributed by atoms with Crippen molar-refractivity contribution in [1.29, 1.82) is 0 Å². The van der Waals surface area contributed by atoms with E-state index >= 15 is 0 Å². The van der Waals surface area contributed by atoms with Gasteiger partial charge in [-0.2, -0.15) is 4.91 Å². The van der Waals surface area contributed by atoms with Gasteiger partial charge in [0.2, 0.25) is 6.29 Å². The lowest BCUT2D eigenvalue weighted by atomic mass is 10.1. The summed E-state index contributed by atoms with van der Waals surface area (Å²) in [5, 5.41) is 13.1. The quantitative estimate of drug-likeness (QED) is 0.139. The first kappa shape index (κ1) is 26.1. The summed E-state index contributed by atoms with van der Waals surface area (Å²) in [5.41, 5.74) is 0.608. The lowest BCUT2D eigenvalue weighted by molar-refractivity contribution is -0.166. The Hall–Kier alpha value is -2.14. The van der Waals surface area contributed by atoms with Crippen LogP contribution in [-0.4, -0.2) is 59.6 Å². The first-order chi connectivity index (χ1) is 15.4. The summed E-state index contributed by atoms with van der Waals surface area (Å²) >= 11 is 0. The van der Waals surface area contributed by atoms with E-state index in [-0.39, 0.29) is 31.8 Å². The van der Waals surface area contributed by atoms with Crippen molar-refractivity contribution < 1.29 is 28.9 Å². The van der Waals surface area contributed by atoms with Crippen LogP contribution in [0.4, 0.5) is 4.79 Å². The van der Waals surface area contributed by atoms with Crippen molar-refractivity contribution in [2.45, 2.75) is 57.1 Å². The van der Waals surface area contributed by atoms with E-state index in [1.165, 1.54) is 43.2 Å². The van der Waals surface area contributed by atoms with Crippen LogP contribution in [0.25, 0.3) is 0 Å². The van der Waals surface area contributed by atoms with Gasteiger partial charge in [0.15, 0.2) is 0 Å². The maximum atomic E-state index is 12.6. The summed E-state index contributed by atoms with van der Waals surface area (Å²) in [6, 6.07) is 4.49. The third-order valence-corrected chi connectivity index (χ3v) is 7.81. The van der Waals surface area contributed by atoms with Gasteiger partial charge in [-0.25, -0.2) is 4.79 Å². The van der Waals surface area contributed by atoms with Gasteiger partial charge < -0.3 is 24.2 Å². The average Bonchev–Trinajstić information content (AvgIpc) is 3.28. The first-order valence-electron chi connectivity index (χ1n) is 10.5. The van der Waals surface area contributed by atoms with Crippen molar-refractivity contribution in [3.63, 3.8) is 0 Å². The molecular weight excluding hydrogens is 456 g/mol. The lowest BCUT2D eigenvalue weighted by Gasteiger charge is -2.24. The number of phenols is 1. The summed E-state index contributed by atoms with van der Waals surface area (Å²) in [5.74, 6) is 1.19. The Balaban J connectivity index is 1.81. The van der Waals surface area contributed by atoms with E-state index in [0.717, 1.165) is 19.3 Å². The van der Waals surface area contributed by atoms with Gasteiger partial charge in [-0.05, 0) is 31.4 Å². The number of benzene rings is 1. The zero-order valence-electron chi connectivity index (χ0n) is 18.4. The molecule has 0 spiro atoms. The molecule has 1 saturated heterocycles. The van der Waals surface area contributed by atoms with Crippen molar-refractivity contribution >= 4 is 33.7 Å². The number of amides is 1. The van der Waals surface area contributed by atoms with E-state index in [9.17, 15) is 19.6 Å². The molecule has 1 aliphatic heterocycles. The zero-order valence-corrected chi connectivity index (χ0v) is 20.0. The minimum absolute atomic E-state index is 0.0183. The molecule has 1 amide bonds. The standard InChI is InChI=1S/C21H30N2O7S2/c1-15(29-20(25)6-4-3-5-18-9-12-31-32-18)30-21(26)23(11-10-22-27)14-16-7-8-17(24)13-19(16)28-2/h7-8,13,15,18,24H,3-6,9-12,14H2,1-2H3. The number of esters is 1. The second-order valence-corrected chi connectivity index (χ2v) is 10.1. The molecule has 1 N–H and O–H groups in total. The monoisotopic (exact) mass is 486 g/mol. The number of carbonyl (C=O) groups is 2. The molecule has 2 unspecified atom stereocenters. The number of aromatic hydroxyl groups is 1. The highest BCUT2D eigenvalue weighted by molar-refractivity contribution is 8.77. The van der Waals surface area contributed by atoms with Gasteiger partial charge in [0.25, 0.3) is 0 Å². The normalized spacial score (nSPS) is 16.2. The molecule has 0 bridgehead atoms. The fourth-order valence-electron chi connectivity index (χ4n) is 3.16. The Labute approximate surface area is 195 Å². The van der Waals surface area contributed by atoms with Crippen LogP contribution in [0, 0.1) is 4.91 Å². The second kappa shape index (κ2) is 14.1. The number of methoxy groups -OCH3 is 1. The van der Waals surface area contributed by atoms with E-state index in [1.807, 2.05) is 21.6 Å². The van der Waals surface area contributed by atoms with Gasteiger partial charge in [0.1, 0.15) is 11.5 Å². The minimum Gasteiger partial charge on any atom is -0.508 e. The van der Waals surface area contributed by atoms with Crippen molar-refractivity contribution in [2.24, 2.45) is 5.18 Å². The smallest absolute Gasteiger partial charge is 0.413 e. The van der Waals surface area contributed by atoms with E-state index in [4.69, 9.17) is 14.2 Å². The molecular formula is C21H30N2O7S2. The highest BCUT2D eigenvalue weighted by Crippen LogP contribution is 2.39. The SMILES string of the molecule is COc1cc(O)ccc1CN(CCN=O)C(=O)OC(C)OC(=O)CCCCC1CCSS1. The highest BCUT2D eigenvalue weighted by atomic mass is 33.1. The third-order valence-electron chi connectivity index (χ3n) is 4.80. The Morgan fingerprint density at radius 3 is 2.81 bits per heavy atom. The number of rotatable bonds is 13. The molecule has 0 saturated carbocycles. The molecule has 0 aliphatic carbocycles. The zero-order chi connectivity index (χ0) is 23.3.